The van der Waals surface area contributed by atoms with Crippen molar-refractivity contribution >= 4 is 16.9 Å². The first kappa shape index (κ1) is 12.9. The molecule has 0 bridgehead atoms. The first-order valence-corrected chi connectivity index (χ1v) is 5.60. The summed E-state index contributed by atoms with van der Waals surface area (Å²) < 4.78 is 14.8. The Kier molecular flexibility index (Phi) is 3.41. The fourth-order valence-corrected chi connectivity index (χ4v) is 1.73. The normalized spacial score (nSPS) is 10.4. The zero-order valence-corrected chi connectivity index (χ0v) is 10.4. The van der Waals surface area contributed by atoms with E-state index >= 15 is 0 Å². The lowest BCUT2D eigenvalue weighted by atomic mass is 10.1. The number of rotatable bonds is 3. The van der Waals surface area contributed by atoms with Crippen molar-refractivity contribution in [2.75, 3.05) is 13.7 Å². The molecule has 0 radical (unpaired) electrons. The van der Waals surface area contributed by atoms with Crippen LogP contribution in [0.2, 0.25) is 0 Å². The third-order valence-corrected chi connectivity index (χ3v) is 2.57. The van der Waals surface area contributed by atoms with Crippen LogP contribution in [-0.2, 0) is 4.74 Å². The lowest BCUT2D eigenvalue weighted by molar-refractivity contribution is 0.0518. The van der Waals surface area contributed by atoms with E-state index in [1.54, 1.807) is 19.1 Å². The van der Waals surface area contributed by atoms with E-state index in [-0.39, 0.29) is 17.6 Å². The molecule has 19 heavy (non-hydrogen) atoms. The molecule has 0 saturated carbocycles. The van der Waals surface area contributed by atoms with E-state index in [0.29, 0.717) is 5.75 Å². The van der Waals surface area contributed by atoms with Gasteiger partial charge in [0.2, 0.25) is 0 Å². The fraction of sp³-hybridized carbons (Fsp3) is 0.231. The van der Waals surface area contributed by atoms with Crippen molar-refractivity contribution in [3.8, 4) is 11.5 Å². The molecule has 100 valence electrons. The number of para-hydroxylation sites is 1. The summed E-state index contributed by atoms with van der Waals surface area (Å²) in [5.41, 5.74) is -1.39. The predicted molar refractivity (Wildman–Crippen MR) is 66.7 cm³/mol. The lowest BCUT2D eigenvalue weighted by Crippen LogP contribution is -2.17. The van der Waals surface area contributed by atoms with Crippen LogP contribution < -0.4 is 10.4 Å². The van der Waals surface area contributed by atoms with Gasteiger partial charge >= 0.3 is 11.6 Å². The SMILES string of the molecule is CCOC(=O)c1c(O)c2cccc(OC)c2oc1=O. The predicted octanol–water partition coefficient (Wildman–Crippen LogP) is 1.68. The van der Waals surface area contributed by atoms with Gasteiger partial charge in [0.05, 0.1) is 19.1 Å². The second kappa shape index (κ2) is 5.01. The van der Waals surface area contributed by atoms with Crippen LogP contribution in [0, 0.1) is 0 Å². The van der Waals surface area contributed by atoms with E-state index in [2.05, 4.69) is 0 Å². The first-order valence-electron chi connectivity index (χ1n) is 5.60. The van der Waals surface area contributed by atoms with Crippen LogP contribution in [0.3, 0.4) is 0 Å². The maximum atomic E-state index is 11.8. The van der Waals surface area contributed by atoms with Crippen molar-refractivity contribution in [2.45, 2.75) is 6.92 Å². The van der Waals surface area contributed by atoms with Gasteiger partial charge in [-0.05, 0) is 19.1 Å². The molecule has 0 atom stereocenters. The number of carbonyl (C=O) groups is 1. The summed E-state index contributed by atoms with van der Waals surface area (Å²) in [6, 6.07) is 4.70. The molecule has 0 spiro atoms. The summed E-state index contributed by atoms with van der Waals surface area (Å²) in [5, 5.41) is 10.2. The van der Waals surface area contributed by atoms with E-state index in [9.17, 15) is 14.7 Å². The zero-order valence-electron chi connectivity index (χ0n) is 10.4. The maximum Gasteiger partial charge on any atom is 0.355 e. The van der Waals surface area contributed by atoms with Gasteiger partial charge < -0.3 is 19.0 Å². The molecule has 0 aliphatic carbocycles. The molecule has 1 aromatic heterocycles. The number of ether oxygens (including phenoxy) is 2. The minimum Gasteiger partial charge on any atom is -0.506 e. The number of hydrogen-bond acceptors (Lipinski definition) is 6. The number of hydrogen-bond donors (Lipinski definition) is 1. The Morgan fingerprint density at radius 2 is 2.16 bits per heavy atom. The van der Waals surface area contributed by atoms with Gasteiger partial charge in [0.1, 0.15) is 5.75 Å². The molecule has 0 aliphatic heterocycles. The van der Waals surface area contributed by atoms with Crippen LogP contribution in [0.15, 0.2) is 27.4 Å². The van der Waals surface area contributed by atoms with E-state index in [1.165, 1.54) is 13.2 Å². The van der Waals surface area contributed by atoms with Crippen molar-refractivity contribution in [1.82, 2.24) is 0 Å². The molecule has 6 nitrogen and oxygen atoms in total. The Balaban J connectivity index is 2.77. The maximum absolute atomic E-state index is 11.8. The minimum absolute atomic E-state index is 0.0838. The van der Waals surface area contributed by atoms with E-state index in [0.717, 1.165) is 0 Å². The molecule has 1 N–H and O–H groups in total. The highest BCUT2D eigenvalue weighted by molar-refractivity contribution is 5.99. The summed E-state index contributed by atoms with van der Waals surface area (Å²) >= 11 is 0. The van der Waals surface area contributed by atoms with E-state index in [1.807, 2.05) is 0 Å². The van der Waals surface area contributed by atoms with Gasteiger partial charge in [-0.3, -0.25) is 0 Å². The number of esters is 1. The number of benzene rings is 1. The van der Waals surface area contributed by atoms with Crippen LogP contribution in [0.5, 0.6) is 11.5 Å². The molecule has 0 unspecified atom stereocenters. The van der Waals surface area contributed by atoms with Crippen molar-refractivity contribution < 1.29 is 23.8 Å². The quantitative estimate of drug-likeness (QED) is 0.670. The molecule has 6 heteroatoms. The second-order valence-corrected chi connectivity index (χ2v) is 3.67. The highest BCUT2D eigenvalue weighted by Crippen LogP contribution is 2.32. The van der Waals surface area contributed by atoms with Crippen LogP contribution in [0.4, 0.5) is 0 Å². The summed E-state index contributed by atoms with van der Waals surface area (Å²) in [7, 11) is 1.41. The number of methoxy groups -OCH3 is 1. The average molecular weight is 264 g/mol. The van der Waals surface area contributed by atoms with E-state index < -0.39 is 22.9 Å². The van der Waals surface area contributed by atoms with Crippen LogP contribution in [0.1, 0.15) is 17.3 Å². The first-order chi connectivity index (χ1) is 9.10. The summed E-state index contributed by atoms with van der Waals surface area (Å²) in [5.74, 6) is -1.10. The highest BCUT2D eigenvalue weighted by atomic mass is 16.5. The number of carbonyl (C=O) groups excluding carboxylic acids is 1. The zero-order chi connectivity index (χ0) is 14.0. The molecule has 2 aromatic rings. The third-order valence-electron chi connectivity index (χ3n) is 2.57. The minimum atomic E-state index is -0.965. The molecule has 0 amide bonds. The van der Waals surface area contributed by atoms with Gasteiger partial charge in [0.25, 0.3) is 0 Å². The van der Waals surface area contributed by atoms with Crippen molar-refractivity contribution in [3.05, 3.63) is 34.2 Å². The van der Waals surface area contributed by atoms with E-state index in [4.69, 9.17) is 13.9 Å². The van der Waals surface area contributed by atoms with Gasteiger partial charge in [-0.25, -0.2) is 9.59 Å². The Morgan fingerprint density at radius 3 is 2.79 bits per heavy atom. The standard InChI is InChI=1S/C13H12O6/c1-3-18-12(15)9-10(14)7-5-4-6-8(17-2)11(7)19-13(9)16/h4-6,14H,3H2,1-2H3. The molecule has 2 rings (SSSR count). The van der Waals surface area contributed by atoms with Crippen LogP contribution in [0.25, 0.3) is 11.0 Å². The topological polar surface area (TPSA) is 86.0 Å². The monoisotopic (exact) mass is 264 g/mol. The van der Waals surface area contributed by atoms with Crippen molar-refractivity contribution in [3.63, 3.8) is 0 Å². The Hall–Kier alpha value is -2.50. The van der Waals surface area contributed by atoms with Gasteiger partial charge in [0.15, 0.2) is 16.9 Å². The summed E-state index contributed by atoms with van der Waals surface area (Å²) in [6.07, 6.45) is 0. The number of fused-ring (bicyclic) bond motifs is 1. The van der Waals surface area contributed by atoms with Gasteiger partial charge in [-0.2, -0.15) is 0 Å². The van der Waals surface area contributed by atoms with Crippen molar-refractivity contribution in [2.24, 2.45) is 0 Å². The second-order valence-electron chi connectivity index (χ2n) is 3.67. The van der Waals surface area contributed by atoms with Crippen molar-refractivity contribution in [1.29, 1.82) is 0 Å². The van der Waals surface area contributed by atoms with Gasteiger partial charge in [0, 0.05) is 0 Å². The largest absolute Gasteiger partial charge is 0.506 e. The lowest BCUT2D eigenvalue weighted by Gasteiger charge is -2.08. The third kappa shape index (κ3) is 2.12. The van der Waals surface area contributed by atoms with Crippen LogP contribution >= 0.6 is 0 Å². The summed E-state index contributed by atoms with van der Waals surface area (Å²) in [6.45, 7) is 1.69. The Labute approximate surface area is 108 Å². The molecule has 0 aliphatic rings. The van der Waals surface area contributed by atoms with Gasteiger partial charge in [-0.1, -0.05) is 6.07 Å². The molecule has 1 heterocycles. The Morgan fingerprint density at radius 1 is 1.42 bits per heavy atom. The number of aromatic hydroxyl groups is 1. The highest BCUT2D eigenvalue weighted by Gasteiger charge is 2.23. The molecule has 1 aromatic carbocycles. The Bertz CT molecular complexity index is 685. The molecular formula is C13H12O6. The molecule has 0 saturated heterocycles. The summed E-state index contributed by atoms with van der Waals surface area (Å²) in [4.78, 5) is 23.4. The average Bonchev–Trinajstić information content (AvgIpc) is 2.38. The van der Waals surface area contributed by atoms with Crippen LogP contribution in [-0.4, -0.2) is 24.8 Å². The molecule has 0 fully saturated rings. The molecular weight excluding hydrogens is 252 g/mol. The fourth-order valence-electron chi connectivity index (χ4n) is 1.73. The van der Waals surface area contributed by atoms with Gasteiger partial charge in [-0.15, -0.1) is 0 Å². The smallest absolute Gasteiger partial charge is 0.355 e.